The van der Waals surface area contributed by atoms with Gasteiger partial charge in [0.2, 0.25) is 5.82 Å². The number of aromatic nitrogens is 4. The number of nitrogens with zero attached hydrogens (tertiary/aromatic N) is 4. The van der Waals surface area contributed by atoms with E-state index >= 15 is 0 Å². The number of rotatable bonds is 4. The topological polar surface area (TPSA) is 63.6 Å². The number of halogens is 3. The first-order valence-electron chi connectivity index (χ1n) is 5.63. The van der Waals surface area contributed by atoms with Crippen LogP contribution in [0.25, 0.3) is 0 Å². The molecule has 0 fully saturated rings. The van der Waals surface area contributed by atoms with Crippen LogP contribution in [-0.2, 0) is 6.18 Å². The van der Waals surface area contributed by atoms with Gasteiger partial charge in [-0.1, -0.05) is 0 Å². The summed E-state index contributed by atoms with van der Waals surface area (Å²) in [5, 5.41) is 3.43. The smallest absolute Gasteiger partial charge is 0.370 e. The highest BCUT2D eigenvalue weighted by Gasteiger charge is 2.35. The van der Waals surface area contributed by atoms with E-state index in [1.165, 1.54) is 18.6 Å². The molecule has 2 rings (SSSR count). The summed E-state index contributed by atoms with van der Waals surface area (Å²) in [6.45, 7) is 2.23. The molecule has 9 heteroatoms. The Balaban J connectivity index is 2.34. The maximum Gasteiger partial charge on any atom is 0.451 e. The summed E-state index contributed by atoms with van der Waals surface area (Å²) < 4.78 is 38.2. The average molecular weight is 301 g/mol. The number of hydrogen-bond donors (Lipinski definition) is 1. The van der Waals surface area contributed by atoms with E-state index < -0.39 is 12.0 Å². The Morgan fingerprint density at radius 1 is 1.25 bits per heavy atom. The molecule has 0 bridgehead atoms. The Hall–Kier alpha value is -1.90. The fraction of sp³-hybridized carbons (Fsp3) is 0.273. The van der Waals surface area contributed by atoms with Crippen LogP contribution < -0.4 is 5.32 Å². The Kier molecular flexibility index (Phi) is 4.38. The van der Waals surface area contributed by atoms with Crippen molar-refractivity contribution in [1.82, 2.24) is 19.9 Å². The summed E-state index contributed by atoms with van der Waals surface area (Å²) in [6.07, 6.45) is -1.77. The van der Waals surface area contributed by atoms with Crippen molar-refractivity contribution in [3.05, 3.63) is 30.5 Å². The second-order valence-corrected chi connectivity index (χ2v) is 4.63. The fourth-order valence-corrected chi connectivity index (χ4v) is 2.07. The summed E-state index contributed by atoms with van der Waals surface area (Å²) in [7, 11) is 0. The molecule has 0 spiro atoms. The Labute approximate surface area is 117 Å². The average Bonchev–Trinajstić information content (AvgIpc) is 2.39. The second kappa shape index (κ2) is 6.04. The van der Waals surface area contributed by atoms with Crippen molar-refractivity contribution in [2.24, 2.45) is 0 Å². The van der Waals surface area contributed by atoms with Crippen LogP contribution >= 0.6 is 11.8 Å². The molecule has 0 aliphatic heterocycles. The zero-order valence-corrected chi connectivity index (χ0v) is 11.2. The van der Waals surface area contributed by atoms with Gasteiger partial charge in [0.1, 0.15) is 22.2 Å². The molecule has 0 aliphatic carbocycles. The molecule has 20 heavy (non-hydrogen) atoms. The minimum atomic E-state index is -4.59. The molecule has 1 N–H and O–H groups in total. The lowest BCUT2D eigenvalue weighted by atomic mass is 10.5. The zero-order chi connectivity index (χ0) is 14.6. The largest absolute Gasteiger partial charge is 0.451 e. The molecule has 0 saturated carbocycles. The van der Waals surface area contributed by atoms with Gasteiger partial charge >= 0.3 is 6.18 Å². The van der Waals surface area contributed by atoms with Crippen LogP contribution in [0.1, 0.15) is 12.7 Å². The molecule has 106 valence electrons. The number of nitrogens with one attached hydrogen (secondary N) is 1. The second-order valence-electron chi connectivity index (χ2n) is 3.59. The predicted molar refractivity (Wildman–Crippen MR) is 67.4 cm³/mol. The number of anilines is 1. The van der Waals surface area contributed by atoms with Crippen LogP contribution in [0.4, 0.5) is 19.0 Å². The van der Waals surface area contributed by atoms with Gasteiger partial charge in [-0.3, -0.25) is 0 Å². The van der Waals surface area contributed by atoms with Crippen molar-refractivity contribution in [2.75, 3.05) is 11.9 Å². The Morgan fingerprint density at radius 3 is 2.65 bits per heavy atom. The maximum atomic E-state index is 12.7. The molecule has 0 aliphatic rings. The van der Waals surface area contributed by atoms with Gasteiger partial charge in [-0.15, -0.1) is 0 Å². The van der Waals surface area contributed by atoms with E-state index in [0.717, 1.165) is 11.8 Å². The minimum absolute atomic E-state index is 0.131. The molecule has 2 heterocycles. The van der Waals surface area contributed by atoms with Crippen LogP contribution in [0, 0.1) is 0 Å². The third kappa shape index (κ3) is 3.80. The van der Waals surface area contributed by atoms with E-state index in [-0.39, 0.29) is 10.8 Å². The third-order valence-electron chi connectivity index (χ3n) is 2.08. The van der Waals surface area contributed by atoms with Crippen molar-refractivity contribution in [3.8, 4) is 0 Å². The first-order chi connectivity index (χ1) is 9.49. The fourth-order valence-electron chi connectivity index (χ4n) is 1.32. The number of alkyl halides is 3. The molecule has 0 amide bonds. The minimum Gasteiger partial charge on any atom is -0.370 e. The van der Waals surface area contributed by atoms with Gasteiger partial charge in [0.05, 0.1) is 0 Å². The standard InChI is InChI=1S/C11H10F3N5S/c1-2-16-7-5-9(19-10(18-7)11(12,13)14)20-8-3-4-15-6-17-8/h3-6H,2H2,1H3,(H,16,18,19). The quantitative estimate of drug-likeness (QED) is 0.876. The van der Waals surface area contributed by atoms with E-state index in [1.807, 2.05) is 0 Å². The SMILES string of the molecule is CCNc1cc(Sc2ccncn2)nc(C(F)(F)F)n1. The Morgan fingerprint density at radius 2 is 2.05 bits per heavy atom. The van der Waals surface area contributed by atoms with Crippen LogP contribution in [0.2, 0.25) is 0 Å². The molecule has 2 aromatic heterocycles. The maximum absolute atomic E-state index is 12.7. The van der Waals surface area contributed by atoms with Crippen LogP contribution in [-0.4, -0.2) is 26.5 Å². The Bertz CT molecular complexity index is 576. The van der Waals surface area contributed by atoms with Crippen molar-refractivity contribution >= 4 is 17.6 Å². The summed E-state index contributed by atoms with van der Waals surface area (Å²) in [6, 6.07) is 3.04. The molecular weight excluding hydrogens is 291 g/mol. The lowest BCUT2D eigenvalue weighted by Crippen LogP contribution is -2.13. The van der Waals surface area contributed by atoms with Crippen LogP contribution in [0.5, 0.6) is 0 Å². The highest BCUT2D eigenvalue weighted by molar-refractivity contribution is 7.99. The first kappa shape index (κ1) is 14.5. The van der Waals surface area contributed by atoms with Crippen molar-refractivity contribution in [2.45, 2.75) is 23.2 Å². The monoisotopic (exact) mass is 301 g/mol. The van der Waals surface area contributed by atoms with Gasteiger partial charge < -0.3 is 5.32 Å². The molecule has 0 atom stereocenters. The van der Waals surface area contributed by atoms with Gasteiger partial charge in [-0.2, -0.15) is 13.2 Å². The highest BCUT2D eigenvalue weighted by atomic mass is 32.2. The zero-order valence-electron chi connectivity index (χ0n) is 10.3. The molecule has 0 saturated heterocycles. The van der Waals surface area contributed by atoms with Crippen LogP contribution in [0.15, 0.2) is 34.7 Å². The van der Waals surface area contributed by atoms with Crippen molar-refractivity contribution in [1.29, 1.82) is 0 Å². The van der Waals surface area contributed by atoms with E-state index in [2.05, 4.69) is 25.3 Å². The van der Waals surface area contributed by atoms with E-state index in [9.17, 15) is 13.2 Å². The van der Waals surface area contributed by atoms with Gasteiger partial charge in [0.25, 0.3) is 0 Å². The van der Waals surface area contributed by atoms with Crippen molar-refractivity contribution < 1.29 is 13.2 Å². The lowest BCUT2D eigenvalue weighted by molar-refractivity contribution is -0.145. The third-order valence-corrected chi connectivity index (χ3v) is 2.95. The lowest BCUT2D eigenvalue weighted by Gasteiger charge is -2.10. The van der Waals surface area contributed by atoms with Crippen molar-refractivity contribution in [3.63, 3.8) is 0 Å². The summed E-state index contributed by atoms with van der Waals surface area (Å²) in [5.41, 5.74) is 0. The molecule has 0 unspecified atom stereocenters. The summed E-state index contributed by atoms with van der Waals surface area (Å²) in [5.74, 6) is -1.04. The van der Waals surface area contributed by atoms with Crippen LogP contribution in [0.3, 0.4) is 0 Å². The molecule has 0 radical (unpaired) electrons. The number of hydrogen-bond acceptors (Lipinski definition) is 6. The van der Waals surface area contributed by atoms with E-state index in [4.69, 9.17) is 0 Å². The van der Waals surface area contributed by atoms with Gasteiger partial charge in [0.15, 0.2) is 0 Å². The highest BCUT2D eigenvalue weighted by Crippen LogP contribution is 2.31. The predicted octanol–water partition coefficient (Wildman–Crippen LogP) is 2.87. The molecule has 5 nitrogen and oxygen atoms in total. The molecule has 2 aromatic rings. The molecular formula is C11H10F3N5S. The van der Waals surface area contributed by atoms with E-state index in [0.29, 0.717) is 11.6 Å². The summed E-state index contributed by atoms with van der Waals surface area (Å²) in [4.78, 5) is 14.6. The normalized spacial score (nSPS) is 11.4. The summed E-state index contributed by atoms with van der Waals surface area (Å²) >= 11 is 1.02. The first-order valence-corrected chi connectivity index (χ1v) is 6.44. The van der Waals surface area contributed by atoms with E-state index in [1.54, 1.807) is 13.0 Å². The molecule has 0 aromatic carbocycles. The van der Waals surface area contributed by atoms with Gasteiger partial charge in [-0.25, -0.2) is 19.9 Å². The van der Waals surface area contributed by atoms with Gasteiger partial charge in [-0.05, 0) is 24.8 Å². The van der Waals surface area contributed by atoms with Gasteiger partial charge in [0, 0.05) is 18.8 Å².